The van der Waals surface area contributed by atoms with Gasteiger partial charge in [-0.2, -0.15) is 0 Å². The molecule has 1 aliphatic rings. The highest BCUT2D eigenvalue weighted by atomic mass is 16.6. The van der Waals surface area contributed by atoms with E-state index in [2.05, 4.69) is 17.1 Å². The number of piperidine rings is 1. The molecule has 0 spiro atoms. The number of oxime groups is 1. The van der Waals surface area contributed by atoms with Gasteiger partial charge >= 0.3 is 0 Å². The Morgan fingerprint density at radius 2 is 2.50 bits per heavy atom. The minimum Gasteiger partial charge on any atom is -0.399 e. The van der Waals surface area contributed by atoms with E-state index in [-0.39, 0.29) is 0 Å². The van der Waals surface area contributed by atoms with Gasteiger partial charge in [-0.15, -0.1) is 0 Å². The van der Waals surface area contributed by atoms with Crippen LogP contribution in [-0.4, -0.2) is 44.4 Å². The standard InChI is InChI=1S/C8H17N3O/c1-11-4-3-7(5-9)8(6-11)10-12-2/h7H,3-6,9H2,1-2H3/b10-8-. The Bertz CT molecular complexity index is 170. The molecule has 1 saturated heterocycles. The number of hydrogen-bond donors (Lipinski definition) is 1. The van der Waals surface area contributed by atoms with Gasteiger partial charge < -0.3 is 15.5 Å². The van der Waals surface area contributed by atoms with Gasteiger partial charge in [0.2, 0.25) is 0 Å². The molecule has 0 amide bonds. The third kappa shape index (κ3) is 2.19. The van der Waals surface area contributed by atoms with E-state index in [1.165, 1.54) is 0 Å². The lowest BCUT2D eigenvalue weighted by Crippen LogP contribution is -2.41. The van der Waals surface area contributed by atoms with Crippen molar-refractivity contribution in [1.29, 1.82) is 0 Å². The highest BCUT2D eigenvalue weighted by Crippen LogP contribution is 2.12. The molecule has 4 nitrogen and oxygen atoms in total. The molecule has 0 radical (unpaired) electrons. The Hall–Kier alpha value is -0.610. The lowest BCUT2D eigenvalue weighted by Gasteiger charge is -2.29. The summed E-state index contributed by atoms with van der Waals surface area (Å²) in [6.45, 7) is 2.66. The Balaban J connectivity index is 2.58. The summed E-state index contributed by atoms with van der Waals surface area (Å²) in [5, 5.41) is 3.98. The molecule has 0 aliphatic carbocycles. The number of nitrogens with zero attached hydrogens (tertiary/aromatic N) is 2. The second-order valence-corrected chi connectivity index (χ2v) is 3.22. The van der Waals surface area contributed by atoms with Crippen LogP contribution in [0.25, 0.3) is 0 Å². The molecule has 0 aromatic carbocycles. The zero-order valence-electron chi connectivity index (χ0n) is 7.79. The van der Waals surface area contributed by atoms with Gasteiger partial charge in [-0.1, -0.05) is 5.16 Å². The lowest BCUT2D eigenvalue weighted by molar-refractivity contribution is 0.203. The van der Waals surface area contributed by atoms with Gasteiger partial charge in [0.05, 0.1) is 5.71 Å². The fourth-order valence-electron chi connectivity index (χ4n) is 1.50. The average Bonchev–Trinajstić information content (AvgIpc) is 2.05. The fourth-order valence-corrected chi connectivity index (χ4v) is 1.50. The van der Waals surface area contributed by atoms with E-state index in [0.29, 0.717) is 12.5 Å². The van der Waals surface area contributed by atoms with Crippen molar-refractivity contribution in [3.05, 3.63) is 0 Å². The van der Waals surface area contributed by atoms with Crippen LogP contribution in [0.15, 0.2) is 5.16 Å². The quantitative estimate of drug-likeness (QED) is 0.590. The van der Waals surface area contributed by atoms with Crippen molar-refractivity contribution in [2.45, 2.75) is 6.42 Å². The van der Waals surface area contributed by atoms with Crippen molar-refractivity contribution in [3.8, 4) is 0 Å². The van der Waals surface area contributed by atoms with Gasteiger partial charge in [0.1, 0.15) is 7.11 Å². The summed E-state index contributed by atoms with van der Waals surface area (Å²) in [7, 11) is 3.66. The second kappa shape index (κ2) is 4.42. The van der Waals surface area contributed by atoms with E-state index in [9.17, 15) is 0 Å². The summed E-state index contributed by atoms with van der Waals surface area (Å²) in [5.74, 6) is 0.418. The van der Waals surface area contributed by atoms with Crippen LogP contribution in [-0.2, 0) is 4.84 Å². The van der Waals surface area contributed by atoms with E-state index < -0.39 is 0 Å². The Morgan fingerprint density at radius 3 is 3.08 bits per heavy atom. The SMILES string of the molecule is CO/N=C1/CN(C)CCC1CN. The van der Waals surface area contributed by atoms with Gasteiger partial charge in [-0.05, 0) is 20.0 Å². The van der Waals surface area contributed by atoms with Crippen LogP contribution in [0.2, 0.25) is 0 Å². The van der Waals surface area contributed by atoms with Crippen LogP contribution in [0.3, 0.4) is 0 Å². The normalized spacial score (nSPS) is 29.2. The predicted molar refractivity (Wildman–Crippen MR) is 49.1 cm³/mol. The van der Waals surface area contributed by atoms with E-state index >= 15 is 0 Å². The summed E-state index contributed by atoms with van der Waals surface area (Å²) < 4.78 is 0. The van der Waals surface area contributed by atoms with Gasteiger partial charge in [0.15, 0.2) is 0 Å². The van der Waals surface area contributed by atoms with Crippen LogP contribution < -0.4 is 5.73 Å². The smallest absolute Gasteiger partial charge is 0.106 e. The maximum Gasteiger partial charge on any atom is 0.106 e. The summed E-state index contributed by atoms with van der Waals surface area (Å²) in [5.41, 5.74) is 6.69. The maximum absolute atomic E-state index is 5.61. The molecule has 12 heavy (non-hydrogen) atoms. The van der Waals surface area contributed by atoms with E-state index in [1.807, 2.05) is 0 Å². The van der Waals surface area contributed by atoms with Gasteiger partial charge in [0, 0.05) is 19.0 Å². The number of hydrogen-bond acceptors (Lipinski definition) is 4. The second-order valence-electron chi connectivity index (χ2n) is 3.22. The molecule has 4 heteroatoms. The monoisotopic (exact) mass is 171 g/mol. The topological polar surface area (TPSA) is 50.8 Å². The molecule has 70 valence electrons. The van der Waals surface area contributed by atoms with Gasteiger partial charge in [0.25, 0.3) is 0 Å². The maximum atomic E-state index is 5.61. The third-order valence-corrected chi connectivity index (χ3v) is 2.26. The zero-order chi connectivity index (χ0) is 8.97. The van der Waals surface area contributed by atoms with E-state index in [0.717, 1.165) is 25.2 Å². The number of nitrogens with two attached hydrogens (primary N) is 1. The third-order valence-electron chi connectivity index (χ3n) is 2.26. The Morgan fingerprint density at radius 1 is 1.75 bits per heavy atom. The minimum atomic E-state index is 0.418. The van der Waals surface area contributed by atoms with Crippen molar-refractivity contribution in [2.75, 3.05) is 33.8 Å². The van der Waals surface area contributed by atoms with Gasteiger partial charge in [-0.25, -0.2) is 0 Å². The molecular weight excluding hydrogens is 154 g/mol. The molecule has 2 N–H and O–H groups in total. The summed E-state index contributed by atoms with van der Waals surface area (Å²) in [4.78, 5) is 6.99. The predicted octanol–water partition coefficient (Wildman–Crippen LogP) is -0.101. The van der Waals surface area contributed by atoms with Crippen LogP contribution in [0, 0.1) is 5.92 Å². The number of likely N-dealkylation sites (tertiary alicyclic amines) is 1. The highest BCUT2D eigenvalue weighted by molar-refractivity contribution is 5.89. The lowest BCUT2D eigenvalue weighted by atomic mass is 9.95. The molecule has 0 aromatic heterocycles. The molecule has 1 unspecified atom stereocenters. The Kier molecular flexibility index (Phi) is 3.49. The molecule has 1 aliphatic heterocycles. The van der Waals surface area contributed by atoms with Crippen molar-refractivity contribution in [1.82, 2.24) is 4.90 Å². The van der Waals surface area contributed by atoms with E-state index in [4.69, 9.17) is 10.6 Å². The first-order valence-electron chi connectivity index (χ1n) is 4.26. The van der Waals surface area contributed by atoms with Crippen molar-refractivity contribution >= 4 is 5.71 Å². The van der Waals surface area contributed by atoms with Crippen molar-refractivity contribution in [2.24, 2.45) is 16.8 Å². The summed E-state index contributed by atoms with van der Waals surface area (Å²) in [6.07, 6.45) is 1.09. The van der Waals surface area contributed by atoms with Crippen LogP contribution in [0.1, 0.15) is 6.42 Å². The average molecular weight is 171 g/mol. The highest BCUT2D eigenvalue weighted by Gasteiger charge is 2.22. The first kappa shape index (κ1) is 9.48. The summed E-state index contributed by atoms with van der Waals surface area (Å²) >= 11 is 0. The first-order valence-corrected chi connectivity index (χ1v) is 4.26. The molecule has 1 heterocycles. The van der Waals surface area contributed by atoms with Crippen LogP contribution in [0.4, 0.5) is 0 Å². The first-order chi connectivity index (χ1) is 5.77. The fraction of sp³-hybridized carbons (Fsp3) is 0.875. The zero-order valence-corrected chi connectivity index (χ0v) is 7.79. The van der Waals surface area contributed by atoms with Crippen molar-refractivity contribution in [3.63, 3.8) is 0 Å². The molecular formula is C8H17N3O. The Labute approximate surface area is 73.4 Å². The van der Waals surface area contributed by atoms with Crippen LogP contribution >= 0.6 is 0 Å². The summed E-state index contributed by atoms with van der Waals surface area (Å²) in [6, 6.07) is 0. The van der Waals surface area contributed by atoms with Crippen molar-refractivity contribution < 1.29 is 4.84 Å². The largest absolute Gasteiger partial charge is 0.399 e. The number of rotatable bonds is 2. The minimum absolute atomic E-state index is 0.418. The molecule has 1 fully saturated rings. The van der Waals surface area contributed by atoms with Gasteiger partial charge in [-0.3, -0.25) is 0 Å². The molecule has 1 atom stereocenters. The molecule has 1 rings (SSSR count). The molecule has 0 aromatic rings. The molecule has 0 bridgehead atoms. The molecule has 0 saturated carbocycles. The van der Waals surface area contributed by atoms with E-state index in [1.54, 1.807) is 7.11 Å². The van der Waals surface area contributed by atoms with Crippen LogP contribution in [0.5, 0.6) is 0 Å².